The van der Waals surface area contributed by atoms with Gasteiger partial charge < -0.3 is 14.4 Å². The predicted molar refractivity (Wildman–Crippen MR) is 90.2 cm³/mol. The average Bonchev–Trinajstić information content (AvgIpc) is 3.03. The summed E-state index contributed by atoms with van der Waals surface area (Å²) >= 11 is 0. The molecule has 0 N–H and O–H groups in total. The zero-order valence-electron chi connectivity index (χ0n) is 13.5. The molecule has 4 nitrogen and oxygen atoms in total. The number of ether oxygens (including phenoxy) is 2. The van der Waals surface area contributed by atoms with E-state index in [0.29, 0.717) is 12.2 Å². The number of nitrogens with zero attached hydrogens (tertiary/aromatic N) is 1. The van der Waals surface area contributed by atoms with Crippen molar-refractivity contribution in [3.8, 4) is 11.5 Å². The first-order chi connectivity index (χ1) is 11.2. The van der Waals surface area contributed by atoms with Crippen LogP contribution in [0, 0.1) is 0 Å². The Hall–Kier alpha value is -2.49. The van der Waals surface area contributed by atoms with Gasteiger partial charge in [-0.1, -0.05) is 25.1 Å². The van der Waals surface area contributed by atoms with Gasteiger partial charge in [0.05, 0.1) is 7.11 Å². The molecule has 23 heavy (non-hydrogen) atoms. The SMILES string of the molecule is CCC(Oc1ccc(OC)cc1)C(=O)N1CCc2ccccc21. The van der Waals surface area contributed by atoms with Gasteiger partial charge in [-0.2, -0.15) is 0 Å². The molecule has 1 unspecified atom stereocenters. The lowest BCUT2D eigenvalue weighted by atomic mass is 10.2. The molecule has 4 heteroatoms. The third-order valence-corrected chi connectivity index (χ3v) is 4.14. The molecule has 0 fully saturated rings. The van der Waals surface area contributed by atoms with Crippen LogP contribution in [-0.4, -0.2) is 25.7 Å². The molecule has 1 atom stereocenters. The first-order valence-corrected chi connectivity index (χ1v) is 7.93. The topological polar surface area (TPSA) is 38.8 Å². The van der Waals surface area contributed by atoms with Crippen molar-refractivity contribution in [1.82, 2.24) is 0 Å². The summed E-state index contributed by atoms with van der Waals surface area (Å²) in [5, 5.41) is 0. The number of hydrogen-bond acceptors (Lipinski definition) is 3. The Morgan fingerprint density at radius 1 is 1.13 bits per heavy atom. The van der Waals surface area contributed by atoms with Gasteiger partial charge in [0.25, 0.3) is 5.91 Å². The van der Waals surface area contributed by atoms with Crippen LogP contribution in [0.5, 0.6) is 11.5 Å². The van der Waals surface area contributed by atoms with Crippen molar-refractivity contribution in [3.05, 3.63) is 54.1 Å². The van der Waals surface area contributed by atoms with Gasteiger partial charge in [-0.25, -0.2) is 0 Å². The smallest absolute Gasteiger partial charge is 0.268 e. The van der Waals surface area contributed by atoms with E-state index in [4.69, 9.17) is 9.47 Å². The van der Waals surface area contributed by atoms with E-state index >= 15 is 0 Å². The molecular formula is C19H21NO3. The molecule has 3 rings (SSSR count). The van der Waals surface area contributed by atoms with Gasteiger partial charge in [0.1, 0.15) is 11.5 Å². The number of carbonyl (C=O) groups excluding carboxylic acids is 1. The van der Waals surface area contributed by atoms with Crippen LogP contribution in [0.1, 0.15) is 18.9 Å². The normalized spacial score (nSPS) is 14.3. The number of carbonyl (C=O) groups is 1. The second-order valence-corrected chi connectivity index (χ2v) is 5.56. The van der Waals surface area contributed by atoms with Gasteiger partial charge >= 0.3 is 0 Å². The van der Waals surface area contributed by atoms with Crippen molar-refractivity contribution in [2.75, 3.05) is 18.6 Å². The van der Waals surface area contributed by atoms with Gasteiger partial charge in [-0.15, -0.1) is 0 Å². The van der Waals surface area contributed by atoms with E-state index in [-0.39, 0.29) is 5.91 Å². The van der Waals surface area contributed by atoms with E-state index in [9.17, 15) is 4.79 Å². The Labute approximate surface area is 136 Å². The van der Waals surface area contributed by atoms with Gasteiger partial charge in [-0.05, 0) is 48.7 Å². The first kappa shape index (κ1) is 15.4. The molecule has 1 aliphatic heterocycles. The monoisotopic (exact) mass is 311 g/mol. The van der Waals surface area contributed by atoms with Crippen molar-refractivity contribution in [2.45, 2.75) is 25.9 Å². The minimum absolute atomic E-state index is 0.0215. The van der Waals surface area contributed by atoms with Gasteiger partial charge in [0.15, 0.2) is 6.10 Å². The average molecular weight is 311 g/mol. The minimum Gasteiger partial charge on any atom is -0.497 e. The number of amides is 1. The molecule has 0 saturated heterocycles. The van der Waals surface area contributed by atoms with Crippen molar-refractivity contribution < 1.29 is 14.3 Å². The fourth-order valence-electron chi connectivity index (χ4n) is 2.87. The molecule has 0 spiro atoms. The second-order valence-electron chi connectivity index (χ2n) is 5.56. The molecule has 0 aliphatic carbocycles. The summed E-state index contributed by atoms with van der Waals surface area (Å²) in [6.45, 7) is 2.69. The lowest BCUT2D eigenvalue weighted by Crippen LogP contribution is -2.41. The number of benzene rings is 2. The Morgan fingerprint density at radius 3 is 2.52 bits per heavy atom. The summed E-state index contributed by atoms with van der Waals surface area (Å²) in [6.07, 6.45) is 1.05. The zero-order valence-corrected chi connectivity index (χ0v) is 13.5. The summed E-state index contributed by atoms with van der Waals surface area (Å²) in [5.41, 5.74) is 2.23. The van der Waals surface area contributed by atoms with Crippen molar-refractivity contribution in [2.24, 2.45) is 0 Å². The van der Waals surface area contributed by atoms with Crippen LogP contribution in [0.25, 0.3) is 0 Å². The van der Waals surface area contributed by atoms with E-state index in [1.807, 2.05) is 54.3 Å². The Kier molecular flexibility index (Phi) is 4.51. The summed E-state index contributed by atoms with van der Waals surface area (Å²) in [5.74, 6) is 1.47. The second kappa shape index (κ2) is 6.73. The molecule has 0 aromatic heterocycles. The maximum absolute atomic E-state index is 12.8. The number of hydrogen-bond donors (Lipinski definition) is 0. The van der Waals surface area contributed by atoms with Crippen LogP contribution in [0.3, 0.4) is 0 Å². The van der Waals surface area contributed by atoms with Crippen LogP contribution in [0.2, 0.25) is 0 Å². The lowest BCUT2D eigenvalue weighted by molar-refractivity contribution is -0.125. The zero-order chi connectivity index (χ0) is 16.2. The maximum Gasteiger partial charge on any atom is 0.268 e. The lowest BCUT2D eigenvalue weighted by Gasteiger charge is -2.24. The summed E-state index contributed by atoms with van der Waals surface area (Å²) in [4.78, 5) is 14.7. The van der Waals surface area contributed by atoms with E-state index in [2.05, 4.69) is 6.07 Å². The van der Waals surface area contributed by atoms with E-state index in [1.54, 1.807) is 7.11 Å². The number of rotatable bonds is 5. The van der Waals surface area contributed by atoms with Crippen LogP contribution < -0.4 is 14.4 Å². The standard InChI is InChI=1S/C19H21NO3/c1-3-18(23-16-10-8-15(22-2)9-11-16)19(21)20-13-12-14-6-4-5-7-17(14)20/h4-11,18H,3,12-13H2,1-2H3. The molecule has 0 saturated carbocycles. The highest BCUT2D eigenvalue weighted by atomic mass is 16.5. The minimum atomic E-state index is -0.477. The van der Waals surface area contributed by atoms with Crippen LogP contribution in [-0.2, 0) is 11.2 Å². The summed E-state index contributed by atoms with van der Waals surface area (Å²) in [7, 11) is 1.62. The molecule has 1 amide bonds. The molecule has 0 radical (unpaired) electrons. The Bertz CT molecular complexity index is 681. The molecule has 120 valence electrons. The van der Waals surface area contributed by atoms with E-state index in [0.717, 1.165) is 24.4 Å². The summed E-state index contributed by atoms with van der Waals surface area (Å²) < 4.78 is 11.0. The quantitative estimate of drug-likeness (QED) is 0.849. The van der Waals surface area contributed by atoms with E-state index in [1.165, 1.54) is 5.56 Å². The van der Waals surface area contributed by atoms with Crippen molar-refractivity contribution >= 4 is 11.6 Å². The van der Waals surface area contributed by atoms with Crippen molar-refractivity contribution in [1.29, 1.82) is 0 Å². The number of para-hydroxylation sites is 1. The third-order valence-electron chi connectivity index (χ3n) is 4.14. The Balaban J connectivity index is 1.74. The fraction of sp³-hybridized carbons (Fsp3) is 0.316. The molecule has 0 bridgehead atoms. The van der Waals surface area contributed by atoms with Crippen LogP contribution in [0.15, 0.2) is 48.5 Å². The van der Waals surface area contributed by atoms with E-state index < -0.39 is 6.10 Å². The molecule has 1 heterocycles. The molecule has 2 aromatic rings. The number of anilines is 1. The Morgan fingerprint density at radius 2 is 1.83 bits per heavy atom. The molecule has 1 aliphatic rings. The van der Waals surface area contributed by atoms with Crippen molar-refractivity contribution in [3.63, 3.8) is 0 Å². The highest BCUT2D eigenvalue weighted by molar-refractivity contribution is 5.98. The third kappa shape index (κ3) is 3.16. The van der Waals surface area contributed by atoms with Crippen LogP contribution in [0.4, 0.5) is 5.69 Å². The van der Waals surface area contributed by atoms with Gasteiger partial charge in [0, 0.05) is 12.2 Å². The molecular weight excluding hydrogens is 290 g/mol. The number of methoxy groups -OCH3 is 1. The van der Waals surface area contributed by atoms with Crippen LogP contribution >= 0.6 is 0 Å². The largest absolute Gasteiger partial charge is 0.497 e. The van der Waals surface area contributed by atoms with Gasteiger partial charge in [-0.3, -0.25) is 4.79 Å². The first-order valence-electron chi connectivity index (χ1n) is 7.93. The number of fused-ring (bicyclic) bond motifs is 1. The highest BCUT2D eigenvalue weighted by Gasteiger charge is 2.30. The highest BCUT2D eigenvalue weighted by Crippen LogP contribution is 2.29. The van der Waals surface area contributed by atoms with Gasteiger partial charge in [0.2, 0.25) is 0 Å². The fourth-order valence-corrected chi connectivity index (χ4v) is 2.87. The summed E-state index contributed by atoms with van der Waals surface area (Å²) in [6, 6.07) is 15.4. The molecule has 2 aromatic carbocycles. The predicted octanol–water partition coefficient (Wildman–Crippen LogP) is 3.44. The maximum atomic E-state index is 12.8.